The predicted molar refractivity (Wildman–Crippen MR) is 77.3 cm³/mol. The number of carboxylic acids is 1. The molecule has 1 saturated heterocycles. The van der Waals surface area contributed by atoms with Gasteiger partial charge in [0.25, 0.3) is 5.91 Å². The number of aliphatic carboxylic acids is 1. The van der Waals surface area contributed by atoms with Crippen LogP contribution in [0, 0.1) is 0 Å². The highest BCUT2D eigenvalue weighted by molar-refractivity contribution is 5.92. The quantitative estimate of drug-likeness (QED) is 0.842. The van der Waals surface area contributed by atoms with Crippen molar-refractivity contribution in [3.05, 3.63) is 17.8 Å². The first-order valence-corrected chi connectivity index (χ1v) is 7.12. The number of aromatic nitrogens is 2. The molecule has 0 aliphatic carbocycles. The maximum Gasteiger partial charge on any atom is 0.329 e. The predicted octanol–water partition coefficient (Wildman–Crippen LogP) is 1.06. The van der Waals surface area contributed by atoms with Crippen molar-refractivity contribution in [2.24, 2.45) is 0 Å². The van der Waals surface area contributed by atoms with Crippen molar-refractivity contribution in [1.82, 2.24) is 15.5 Å². The smallest absolute Gasteiger partial charge is 0.329 e. The van der Waals surface area contributed by atoms with Gasteiger partial charge < -0.3 is 15.3 Å². The van der Waals surface area contributed by atoms with Gasteiger partial charge in [0.2, 0.25) is 0 Å². The van der Waals surface area contributed by atoms with Crippen molar-refractivity contribution < 1.29 is 14.7 Å². The number of nitrogens with one attached hydrogen (secondary N) is 1. The van der Waals surface area contributed by atoms with Crippen molar-refractivity contribution >= 4 is 17.7 Å². The van der Waals surface area contributed by atoms with E-state index in [0.717, 1.165) is 12.8 Å². The second-order valence-corrected chi connectivity index (χ2v) is 5.20. The highest BCUT2D eigenvalue weighted by Crippen LogP contribution is 2.36. The maximum atomic E-state index is 11.8. The molecule has 0 saturated carbocycles. The van der Waals surface area contributed by atoms with E-state index in [4.69, 9.17) is 0 Å². The van der Waals surface area contributed by atoms with Crippen molar-refractivity contribution in [3.8, 4) is 0 Å². The molecule has 1 atom stereocenters. The second kappa shape index (κ2) is 6.07. The van der Waals surface area contributed by atoms with E-state index >= 15 is 0 Å². The molecule has 1 fully saturated rings. The number of amides is 1. The number of carbonyl (C=O) groups is 2. The van der Waals surface area contributed by atoms with Gasteiger partial charge in [-0.2, -0.15) is 0 Å². The van der Waals surface area contributed by atoms with Crippen LogP contribution in [0.4, 0.5) is 5.82 Å². The summed E-state index contributed by atoms with van der Waals surface area (Å²) in [6.07, 6.45) is 2.77. The Morgan fingerprint density at radius 1 is 1.43 bits per heavy atom. The molecular formula is C14H20N4O3. The van der Waals surface area contributed by atoms with Crippen molar-refractivity contribution in [1.29, 1.82) is 0 Å². The van der Waals surface area contributed by atoms with Gasteiger partial charge in [0.1, 0.15) is 5.54 Å². The fraction of sp³-hybridized carbons (Fsp3) is 0.571. The fourth-order valence-electron chi connectivity index (χ4n) is 2.93. The molecule has 1 aromatic rings. The van der Waals surface area contributed by atoms with Crippen LogP contribution < -0.4 is 10.2 Å². The zero-order valence-corrected chi connectivity index (χ0v) is 12.3. The van der Waals surface area contributed by atoms with E-state index in [0.29, 0.717) is 25.2 Å². The van der Waals surface area contributed by atoms with Crippen molar-refractivity contribution in [2.75, 3.05) is 18.5 Å². The molecule has 1 amide bonds. The molecule has 1 unspecified atom stereocenters. The van der Waals surface area contributed by atoms with Crippen LogP contribution in [-0.2, 0) is 4.79 Å². The summed E-state index contributed by atoms with van der Waals surface area (Å²) in [5.41, 5.74) is -0.685. The minimum atomic E-state index is -0.905. The Labute approximate surface area is 123 Å². The van der Waals surface area contributed by atoms with Gasteiger partial charge in [-0.15, -0.1) is 10.2 Å². The third-order valence-corrected chi connectivity index (χ3v) is 3.94. The number of hydrogen-bond acceptors (Lipinski definition) is 5. The minimum Gasteiger partial charge on any atom is -0.479 e. The Bertz CT molecular complexity index is 532. The second-order valence-electron chi connectivity index (χ2n) is 5.20. The number of carbonyl (C=O) groups excluding carboxylic acids is 1. The lowest BCUT2D eigenvalue weighted by Crippen LogP contribution is -2.51. The number of hydrogen-bond donors (Lipinski definition) is 2. The topological polar surface area (TPSA) is 95.4 Å². The van der Waals surface area contributed by atoms with Gasteiger partial charge in [-0.1, -0.05) is 13.3 Å². The van der Waals surface area contributed by atoms with Crippen LogP contribution in [0.3, 0.4) is 0 Å². The zero-order valence-electron chi connectivity index (χ0n) is 12.3. The van der Waals surface area contributed by atoms with Gasteiger partial charge >= 0.3 is 5.97 Å². The Morgan fingerprint density at radius 2 is 2.19 bits per heavy atom. The average molecular weight is 292 g/mol. The Hall–Kier alpha value is -2.18. The molecule has 1 aliphatic heterocycles. The molecule has 0 radical (unpaired) electrons. The van der Waals surface area contributed by atoms with Crippen LogP contribution in [0.5, 0.6) is 0 Å². The lowest BCUT2D eigenvalue weighted by molar-refractivity contribution is -0.143. The molecule has 1 aromatic heterocycles. The van der Waals surface area contributed by atoms with Crippen LogP contribution in [0.2, 0.25) is 0 Å². The van der Waals surface area contributed by atoms with Crippen LogP contribution in [0.25, 0.3) is 0 Å². The highest BCUT2D eigenvalue weighted by atomic mass is 16.4. The van der Waals surface area contributed by atoms with E-state index in [-0.39, 0.29) is 11.6 Å². The van der Waals surface area contributed by atoms with Gasteiger partial charge in [0.05, 0.1) is 0 Å². The summed E-state index contributed by atoms with van der Waals surface area (Å²) in [5.74, 6) is -0.622. The summed E-state index contributed by atoms with van der Waals surface area (Å²) >= 11 is 0. The van der Waals surface area contributed by atoms with Gasteiger partial charge in [-0.3, -0.25) is 4.79 Å². The normalized spacial score (nSPS) is 21.3. The largest absolute Gasteiger partial charge is 0.479 e. The number of rotatable bonds is 5. The van der Waals surface area contributed by atoms with E-state index in [1.54, 1.807) is 17.0 Å². The third kappa shape index (κ3) is 2.68. The van der Waals surface area contributed by atoms with E-state index in [2.05, 4.69) is 15.5 Å². The molecule has 0 aromatic carbocycles. The average Bonchev–Trinajstić information content (AvgIpc) is 2.92. The van der Waals surface area contributed by atoms with Crippen LogP contribution in [-0.4, -0.2) is 46.3 Å². The lowest BCUT2D eigenvalue weighted by atomic mass is 9.90. The van der Waals surface area contributed by atoms with Crippen molar-refractivity contribution in [3.63, 3.8) is 0 Å². The van der Waals surface area contributed by atoms with Gasteiger partial charge in [-0.25, -0.2) is 4.79 Å². The Morgan fingerprint density at radius 3 is 2.71 bits per heavy atom. The molecule has 7 nitrogen and oxygen atoms in total. The summed E-state index contributed by atoms with van der Waals surface area (Å²) in [6, 6.07) is 3.23. The summed E-state index contributed by atoms with van der Waals surface area (Å²) in [7, 11) is 1.52. The lowest BCUT2D eigenvalue weighted by Gasteiger charge is -2.35. The van der Waals surface area contributed by atoms with E-state index in [1.165, 1.54) is 7.05 Å². The molecule has 1 aliphatic rings. The standard InChI is InChI=1S/C14H20N4O3/c1-3-7-14(13(20)21)8-4-9-18(14)11-6-5-10(16-17-11)12(19)15-2/h5-6H,3-4,7-9H2,1-2H3,(H,15,19)(H,20,21). The molecule has 2 heterocycles. The minimum absolute atomic E-state index is 0.219. The number of anilines is 1. The van der Waals surface area contributed by atoms with E-state index in [9.17, 15) is 14.7 Å². The summed E-state index contributed by atoms with van der Waals surface area (Å²) < 4.78 is 0. The molecule has 0 spiro atoms. The van der Waals surface area contributed by atoms with Crippen LogP contribution >= 0.6 is 0 Å². The summed E-state index contributed by atoms with van der Waals surface area (Å²) in [4.78, 5) is 25.0. The first kappa shape index (κ1) is 15.2. The molecule has 2 rings (SSSR count). The SMILES string of the molecule is CCCC1(C(=O)O)CCCN1c1ccc(C(=O)NC)nn1. The fourth-order valence-corrected chi connectivity index (χ4v) is 2.93. The summed E-state index contributed by atoms with van der Waals surface area (Å²) in [5, 5.41) is 20.1. The Balaban J connectivity index is 2.31. The molecule has 114 valence electrons. The van der Waals surface area contributed by atoms with Gasteiger partial charge in [0, 0.05) is 13.6 Å². The van der Waals surface area contributed by atoms with Crippen LogP contribution in [0.15, 0.2) is 12.1 Å². The molecule has 7 heteroatoms. The van der Waals surface area contributed by atoms with Crippen molar-refractivity contribution in [2.45, 2.75) is 38.1 Å². The van der Waals surface area contributed by atoms with E-state index < -0.39 is 11.5 Å². The third-order valence-electron chi connectivity index (χ3n) is 3.94. The van der Waals surface area contributed by atoms with E-state index in [1.807, 2.05) is 6.92 Å². The number of nitrogens with zero attached hydrogens (tertiary/aromatic N) is 3. The first-order valence-electron chi connectivity index (χ1n) is 7.12. The summed E-state index contributed by atoms with van der Waals surface area (Å²) in [6.45, 7) is 2.61. The zero-order chi connectivity index (χ0) is 15.5. The number of carboxylic acid groups (broad SMARTS) is 1. The van der Waals surface area contributed by atoms with Gasteiger partial charge in [-0.05, 0) is 31.4 Å². The maximum absolute atomic E-state index is 11.8. The molecular weight excluding hydrogens is 272 g/mol. The molecule has 0 bridgehead atoms. The first-order chi connectivity index (χ1) is 10.0. The van der Waals surface area contributed by atoms with Gasteiger partial charge in [0.15, 0.2) is 11.5 Å². The van der Waals surface area contributed by atoms with Crippen LogP contribution in [0.1, 0.15) is 43.1 Å². The molecule has 2 N–H and O–H groups in total. The monoisotopic (exact) mass is 292 g/mol. The Kier molecular flexibility index (Phi) is 4.40. The molecule has 21 heavy (non-hydrogen) atoms. The highest BCUT2D eigenvalue weighted by Gasteiger charge is 2.47.